The molecule has 0 radical (unpaired) electrons. The zero-order valence-corrected chi connectivity index (χ0v) is 14.6. The zero-order chi connectivity index (χ0) is 14.3. The maximum atomic E-state index is 2.37. The second-order valence-electron chi connectivity index (χ2n) is 5.97. The van der Waals surface area contributed by atoms with Crippen LogP contribution in [0.3, 0.4) is 0 Å². The molecule has 0 bridgehead atoms. The molecule has 0 amide bonds. The lowest BCUT2D eigenvalue weighted by Crippen LogP contribution is -2.22. The number of hydrogen-bond donors (Lipinski definition) is 0. The Balaban J connectivity index is 2.13. The Bertz CT molecular complexity index is 586. The minimum atomic E-state index is -0.0192. The van der Waals surface area contributed by atoms with E-state index in [0.717, 1.165) is 12.8 Å². The summed E-state index contributed by atoms with van der Waals surface area (Å²) >= 11 is 0. The van der Waals surface area contributed by atoms with E-state index in [9.17, 15) is 0 Å². The maximum absolute atomic E-state index is 2.37. The Morgan fingerprint density at radius 3 is 1.50 bits per heavy atom. The van der Waals surface area contributed by atoms with Gasteiger partial charge in [-0.05, 0) is 72.4 Å². The van der Waals surface area contributed by atoms with Gasteiger partial charge in [-0.15, -0.1) is 0 Å². The molecular weight excluding hydrogens is 278 g/mol. The fourth-order valence-electron chi connectivity index (χ4n) is 3.20. The van der Waals surface area contributed by atoms with Crippen LogP contribution in [0.4, 0.5) is 0 Å². The van der Waals surface area contributed by atoms with Crippen molar-refractivity contribution in [2.45, 2.75) is 12.8 Å². The van der Waals surface area contributed by atoms with Crippen LogP contribution in [-0.2, 0) is 12.8 Å². The molecule has 1 aliphatic rings. The van der Waals surface area contributed by atoms with Gasteiger partial charge in [0.2, 0.25) is 0 Å². The van der Waals surface area contributed by atoms with Crippen LogP contribution in [0.25, 0.3) is 0 Å². The molecule has 104 valence electrons. The largest absolute Gasteiger partial charge is 0.0814 e. The van der Waals surface area contributed by atoms with Gasteiger partial charge in [0, 0.05) is 0 Å². The van der Waals surface area contributed by atoms with Gasteiger partial charge >= 0.3 is 0 Å². The summed E-state index contributed by atoms with van der Waals surface area (Å²) in [4.78, 5) is 0. The average Bonchev–Trinajstić information content (AvgIpc) is 2.43. The molecule has 0 fully saturated rings. The van der Waals surface area contributed by atoms with Gasteiger partial charge in [0.1, 0.15) is 0 Å². The lowest BCUT2D eigenvalue weighted by molar-refractivity contribution is 1.02. The van der Waals surface area contributed by atoms with Crippen LogP contribution in [-0.4, -0.2) is 26.7 Å². The molecule has 0 N–H and O–H groups in total. The normalized spacial score (nSPS) is 13.5. The van der Waals surface area contributed by atoms with Crippen LogP contribution in [0.1, 0.15) is 22.3 Å². The highest BCUT2D eigenvalue weighted by Crippen LogP contribution is 2.35. The summed E-state index contributed by atoms with van der Waals surface area (Å²) in [5.41, 5.74) is 6.36. The van der Waals surface area contributed by atoms with E-state index in [0.29, 0.717) is 0 Å². The molecule has 0 spiro atoms. The number of fused-ring (bicyclic) bond motifs is 2. The van der Waals surface area contributed by atoms with E-state index < -0.39 is 0 Å². The molecule has 0 atom stereocenters. The molecule has 0 saturated heterocycles. The highest BCUT2D eigenvalue weighted by molar-refractivity contribution is 7.64. The summed E-state index contributed by atoms with van der Waals surface area (Å²) in [5, 5.41) is 3.21. The van der Waals surface area contributed by atoms with Gasteiger partial charge in [0.05, 0.1) is 0 Å². The Labute approximate surface area is 125 Å². The van der Waals surface area contributed by atoms with Gasteiger partial charge in [-0.3, -0.25) is 0 Å². The number of benzene rings is 2. The zero-order valence-electron chi connectivity index (χ0n) is 12.8. The maximum Gasteiger partial charge on any atom is -0.000740 e. The van der Waals surface area contributed by atoms with Crippen LogP contribution in [0.5, 0.6) is 0 Å². The van der Waals surface area contributed by atoms with Crippen molar-refractivity contribution in [2.75, 3.05) is 26.7 Å². The lowest BCUT2D eigenvalue weighted by atomic mass is 9.86. The van der Waals surface area contributed by atoms with Gasteiger partial charge in [0.25, 0.3) is 0 Å². The molecule has 0 heterocycles. The van der Waals surface area contributed by atoms with E-state index in [1.54, 1.807) is 32.9 Å². The van der Waals surface area contributed by atoms with Crippen molar-refractivity contribution in [3.63, 3.8) is 0 Å². The summed E-state index contributed by atoms with van der Waals surface area (Å²) in [6, 6.07) is 13.8. The summed E-state index contributed by atoms with van der Waals surface area (Å²) in [6.45, 7) is 9.50. The minimum Gasteiger partial charge on any atom is -0.0814 e. The lowest BCUT2D eigenvalue weighted by Gasteiger charge is -2.26. The van der Waals surface area contributed by atoms with Gasteiger partial charge in [0.15, 0.2) is 0 Å². The van der Waals surface area contributed by atoms with E-state index in [4.69, 9.17) is 0 Å². The fraction of sp³-hybridized carbons (Fsp3) is 0.333. The van der Waals surface area contributed by atoms with Crippen molar-refractivity contribution >= 4 is 26.5 Å². The Morgan fingerprint density at radius 1 is 0.650 bits per heavy atom. The first-order chi connectivity index (χ1) is 9.58. The number of rotatable bonds is 2. The van der Waals surface area contributed by atoms with Crippen molar-refractivity contribution < 1.29 is 0 Å². The average molecular weight is 300 g/mol. The minimum absolute atomic E-state index is 0.0192. The third-order valence-electron chi connectivity index (χ3n) is 4.19. The van der Waals surface area contributed by atoms with Crippen molar-refractivity contribution in [1.82, 2.24) is 0 Å². The quantitative estimate of drug-likeness (QED) is 0.629. The van der Waals surface area contributed by atoms with Crippen molar-refractivity contribution in [3.05, 3.63) is 58.7 Å². The van der Waals surface area contributed by atoms with Crippen molar-refractivity contribution in [3.8, 4) is 0 Å². The van der Waals surface area contributed by atoms with Crippen LogP contribution in [0.15, 0.2) is 36.4 Å². The van der Waals surface area contributed by atoms with E-state index in [1.165, 1.54) is 0 Å². The molecule has 0 saturated carbocycles. The predicted molar refractivity (Wildman–Crippen MR) is 95.3 cm³/mol. The topological polar surface area (TPSA) is 0 Å². The molecule has 2 aromatic carbocycles. The molecular formula is C18H22P2. The summed E-state index contributed by atoms with van der Waals surface area (Å²) in [5.74, 6) is 0. The molecule has 3 rings (SSSR count). The molecule has 0 aromatic heterocycles. The monoisotopic (exact) mass is 300 g/mol. The van der Waals surface area contributed by atoms with Gasteiger partial charge in [-0.25, -0.2) is 0 Å². The molecule has 20 heavy (non-hydrogen) atoms. The second kappa shape index (κ2) is 5.59. The fourth-order valence-corrected chi connectivity index (χ4v) is 5.49. The van der Waals surface area contributed by atoms with Crippen molar-refractivity contribution in [2.24, 2.45) is 0 Å². The molecule has 0 unspecified atom stereocenters. The molecule has 0 aliphatic heterocycles. The SMILES string of the molecule is CP(C)c1cccc2c1Cc1c(cccc1P(C)C)C2. The summed E-state index contributed by atoms with van der Waals surface area (Å²) < 4.78 is 0. The highest BCUT2D eigenvalue weighted by Gasteiger charge is 2.21. The van der Waals surface area contributed by atoms with Crippen LogP contribution in [0.2, 0.25) is 0 Å². The molecule has 1 aliphatic carbocycles. The number of hydrogen-bond acceptors (Lipinski definition) is 0. The van der Waals surface area contributed by atoms with E-state index in [2.05, 4.69) is 63.1 Å². The van der Waals surface area contributed by atoms with Crippen molar-refractivity contribution in [1.29, 1.82) is 0 Å². The predicted octanol–water partition coefficient (Wildman–Crippen LogP) is 3.92. The van der Waals surface area contributed by atoms with Crippen LogP contribution in [0, 0.1) is 0 Å². The Hall–Kier alpha value is -0.700. The van der Waals surface area contributed by atoms with E-state index >= 15 is 0 Å². The van der Waals surface area contributed by atoms with Gasteiger partial charge in [-0.2, -0.15) is 0 Å². The first-order valence-electron chi connectivity index (χ1n) is 7.14. The first-order valence-corrected chi connectivity index (χ1v) is 11.6. The van der Waals surface area contributed by atoms with E-state index in [-0.39, 0.29) is 15.8 Å². The second-order valence-corrected chi connectivity index (χ2v) is 10.5. The molecule has 2 aromatic rings. The van der Waals surface area contributed by atoms with Gasteiger partial charge in [-0.1, -0.05) is 52.2 Å². The van der Waals surface area contributed by atoms with Gasteiger partial charge < -0.3 is 0 Å². The summed E-state index contributed by atoms with van der Waals surface area (Å²) in [7, 11) is -0.0384. The highest BCUT2D eigenvalue weighted by atomic mass is 31.1. The third kappa shape index (κ3) is 2.45. The van der Waals surface area contributed by atoms with E-state index in [1.807, 2.05) is 0 Å². The standard InChI is InChI=1S/C18H22P2/c1-19(2)17-9-5-7-13-11-14-8-6-10-18(20(3)4)16(14)12-15(13)17/h5-10H,11-12H2,1-4H3. The van der Waals surface area contributed by atoms with Crippen LogP contribution >= 0.6 is 15.8 Å². The summed E-state index contributed by atoms with van der Waals surface area (Å²) in [6.07, 6.45) is 2.27. The third-order valence-corrected chi connectivity index (χ3v) is 6.96. The first kappa shape index (κ1) is 14.2. The Kier molecular flexibility index (Phi) is 3.98. The smallest absolute Gasteiger partial charge is 0.000740 e. The van der Waals surface area contributed by atoms with Crippen LogP contribution < -0.4 is 10.6 Å². The Morgan fingerprint density at radius 2 is 1.10 bits per heavy atom. The molecule has 0 nitrogen and oxygen atoms in total. The molecule has 2 heteroatoms.